The fourth-order valence-corrected chi connectivity index (χ4v) is 1.70. The number of aliphatic carboxylic acids is 1. The molecule has 0 spiro atoms. The summed E-state index contributed by atoms with van der Waals surface area (Å²) in [6.07, 6.45) is 0. The second-order valence-electron chi connectivity index (χ2n) is 4.24. The minimum Gasteiger partial charge on any atom is -0.482 e. The lowest BCUT2D eigenvalue weighted by atomic mass is 10.1. The van der Waals surface area contributed by atoms with Crippen molar-refractivity contribution in [2.24, 2.45) is 5.73 Å². The molecule has 7 heteroatoms. The molecule has 1 amide bonds. The molecule has 0 fully saturated rings. The number of nitrogens with two attached hydrogens (primary N) is 1. The van der Waals surface area contributed by atoms with Gasteiger partial charge in [0.1, 0.15) is 11.8 Å². The van der Waals surface area contributed by atoms with E-state index in [2.05, 4.69) is 10.6 Å². The maximum Gasteiger partial charge on any atom is 0.321 e. The van der Waals surface area contributed by atoms with Crippen LogP contribution in [0.4, 0.5) is 5.69 Å². The number of anilines is 1. The molecular formula is C12H15N3O4. The first-order valence-corrected chi connectivity index (χ1v) is 5.81. The average molecular weight is 265 g/mol. The van der Waals surface area contributed by atoms with Crippen LogP contribution in [-0.4, -0.2) is 36.2 Å². The summed E-state index contributed by atoms with van der Waals surface area (Å²) in [5.41, 5.74) is 6.90. The topological polar surface area (TPSA) is 114 Å². The van der Waals surface area contributed by atoms with Crippen LogP contribution >= 0.6 is 0 Å². The Kier molecular flexibility index (Phi) is 3.98. The van der Waals surface area contributed by atoms with E-state index in [9.17, 15) is 9.59 Å². The zero-order chi connectivity index (χ0) is 13.8. The molecule has 0 aromatic heterocycles. The largest absolute Gasteiger partial charge is 0.482 e. The molecule has 19 heavy (non-hydrogen) atoms. The van der Waals surface area contributed by atoms with E-state index < -0.39 is 12.0 Å². The number of benzene rings is 1. The van der Waals surface area contributed by atoms with Gasteiger partial charge in [-0.05, 0) is 17.7 Å². The van der Waals surface area contributed by atoms with Crippen molar-refractivity contribution >= 4 is 17.6 Å². The van der Waals surface area contributed by atoms with E-state index >= 15 is 0 Å². The molecular weight excluding hydrogens is 250 g/mol. The Labute approximate surface area is 109 Å². The summed E-state index contributed by atoms with van der Waals surface area (Å²) in [5.74, 6) is -0.602. The van der Waals surface area contributed by atoms with Crippen molar-refractivity contribution in [3.8, 4) is 5.75 Å². The summed E-state index contributed by atoms with van der Waals surface area (Å²) in [5, 5.41) is 14.3. The number of ether oxygens (including phenoxy) is 1. The van der Waals surface area contributed by atoms with Crippen LogP contribution in [0.3, 0.4) is 0 Å². The quantitative estimate of drug-likeness (QED) is 0.572. The lowest BCUT2D eigenvalue weighted by Crippen LogP contribution is -2.40. The number of fused-ring (bicyclic) bond motifs is 1. The molecule has 1 aromatic carbocycles. The molecule has 7 nitrogen and oxygen atoms in total. The Morgan fingerprint density at radius 3 is 3.11 bits per heavy atom. The van der Waals surface area contributed by atoms with Crippen molar-refractivity contribution in [1.82, 2.24) is 5.32 Å². The number of carboxylic acids is 1. The van der Waals surface area contributed by atoms with E-state index in [-0.39, 0.29) is 19.1 Å². The summed E-state index contributed by atoms with van der Waals surface area (Å²) in [4.78, 5) is 21.7. The zero-order valence-electron chi connectivity index (χ0n) is 10.2. The third-order valence-electron chi connectivity index (χ3n) is 2.69. The van der Waals surface area contributed by atoms with Crippen molar-refractivity contribution in [3.63, 3.8) is 0 Å². The van der Waals surface area contributed by atoms with Crippen LogP contribution in [0.2, 0.25) is 0 Å². The van der Waals surface area contributed by atoms with E-state index in [1.165, 1.54) is 0 Å². The number of carbonyl (C=O) groups is 2. The number of amides is 1. The molecule has 1 heterocycles. The summed E-state index contributed by atoms with van der Waals surface area (Å²) in [6.45, 7) is 0.664. The van der Waals surface area contributed by atoms with Crippen LogP contribution in [0.15, 0.2) is 18.2 Å². The number of hydrogen-bond donors (Lipinski definition) is 4. The number of rotatable bonds is 5. The SMILES string of the molecule is NC(CNCc1ccc2c(c1)NC(=O)CO2)C(=O)O. The van der Waals surface area contributed by atoms with Gasteiger partial charge in [-0.2, -0.15) is 0 Å². The van der Waals surface area contributed by atoms with Crippen LogP contribution < -0.4 is 21.1 Å². The van der Waals surface area contributed by atoms with Crippen LogP contribution in [0.25, 0.3) is 0 Å². The Hall–Kier alpha value is -2.12. The Morgan fingerprint density at radius 2 is 2.37 bits per heavy atom. The van der Waals surface area contributed by atoms with E-state index in [0.717, 1.165) is 5.56 Å². The van der Waals surface area contributed by atoms with E-state index in [0.29, 0.717) is 18.0 Å². The van der Waals surface area contributed by atoms with E-state index in [1.807, 2.05) is 6.07 Å². The van der Waals surface area contributed by atoms with Crippen molar-refractivity contribution in [2.75, 3.05) is 18.5 Å². The van der Waals surface area contributed by atoms with Gasteiger partial charge in [0, 0.05) is 13.1 Å². The highest BCUT2D eigenvalue weighted by Crippen LogP contribution is 2.28. The third kappa shape index (κ3) is 3.43. The van der Waals surface area contributed by atoms with Gasteiger partial charge in [0.15, 0.2) is 6.61 Å². The molecule has 5 N–H and O–H groups in total. The molecule has 1 aliphatic heterocycles. The highest BCUT2D eigenvalue weighted by molar-refractivity contribution is 5.95. The Morgan fingerprint density at radius 1 is 1.58 bits per heavy atom. The van der Waals surface area contributed by atoms with Crippen LogP contribution in [0.1, 0.15) is 5.56 Å². The van der Waals surface area contributed by atoms with Gasteiger partial charge in [-0.1, -0.05) is 6.07 Å². The van der Waals surface area contributed by atoms with E-state index in [1.54, 1.807) is 12.1 Å². The minimum absolute atomic E-state index is 0.0259. The van der Waals surface area contributed by atoms with Gasteiger partial charge in [-0.25, -0.2) is 0 Å². The molecule has 1 aromatic rings. The second kappa shape index (κ2) is 5.68. The molecule has 2 rings (SSSR count). The molecule has 1 aliphatic rings. The maximum atomic E-state index is 11.2. The van der Waals surface area contributed by atoms with Crippen LogP contribution in [0, 0.1) is 0 Å². The molecule has 0 bridgehead atoms. The summed E-state index contributed by atoms with van der Waals surface area (Å²) in [6, 6.07) is 4.46. The number of carbonyl (C=O) groups excluding carboxylic acids is 1. The molecule has 0 saturated carbocycles. The summed E-state index contributed by atoms with van der Waals surface area (Å²) < 4.78 is 5.23. The zero-order valence-corrected chi connectivity index (χ0v) is 10.2. The van der Waals surface area contributed by atoms with Crippen molar-refractivity contribution in [3.05, 3.63) is 23.8 Å². The number of hydrogen-bond acceptors (Lipinski definition) is 5. The molecule has 0 saturated heterocycles. The smallest absolute Gasteiger partial charge is 0.321 e. The van der Waals surface area contributed by atoms with Gasteiger partial charge in [0.2, 0.25) is 0 Å². The van der Waals surface area contributed by atoms with Gasteiger partial charge in [0.25, 0.3) is 5.91 Å². The lowest BCUT2D eigenvalue weighted by Gasteiger charge is -2.18. The van der Waals surface area contributed by atoms with Gasteiger partial charge >= 0.3 is 5.97 Å². The second-order valence-corrected chi connectivity index (χ2v) is 4.24. The van der Waals surface area contributed by atoms with Crippen molar-refractivity contribution in [1.29, 1.82) is 0 Å². The van der Waals surface area contributed by atoms with Gasteiger partial charge in [-0.15, -0.1) is 0 Å². The van der Waals surface area contributed by atoms with Gasteiger partial charge in [-0.3, -0.25) is 9.59 Å². The molecule has 102 valence electrons. The normalized spacial score (nSPS) is 15.1. The summed E-state index contributed by atoms with van der Waals surface area (Å²) in [7, 11) is 0. The van der Waals surface area contributed by atoms with Crippen LogP contribution in [0.5, 0.6) is 5.75 Å². The van der Waals surface area contributed by atoms with Gasteiger partial charge in [0.05, 0.1) is 5.69 Å². The first-order chi connectivity index (χ1) is 9.06. The average Bonchev–Trinajstić information content (AvgIpc) is 2.38. The fourth-order valence-electron chi connectivity index (χ4n) is 1.70. The molecule has 0 aliphatic carbocycles. The molecule has 1 unspecified atom stereocenters. The third-order valence-corrected chi connectivity index (χ3v) is 2.69. The Balaban J connectivity index is 1.93. The van der Waals surface area contributed by atoms with E-state index in [4.69, 9.17) is 15.6 Å². The standard InChI is InChI=1S/C12H15N3O4/c13-8(12(17)18)5-14-4-7-1-2-10-9(3-7)15-11(16)6-19-10/h1-3,8,14H,4-6,13H2,(H,15,16)(H,17,18). The lowest BCUT2D eigenvalue weighted by molar-refractivity contribution is -0.138. The van der Waals surface area contributed by atoms with Crippen LogP contribution in [-0.2, 0) is 16.1 Å². The minimum atomic E-state index is -1.04. The first kappa shape index (κ1) is 13.3. The summed E-state index contributed by atoms with van der Waals surface area (Å²) >= 11 is 0. The van der Waals surface area contributed by atoms with Gasteiger partial charge < -0.3 is 26.2 Å². The van der Waals surface area contributed by atoms with Crippen molar-refractivity contribution < 1.29 is 19.4 Å². The Bertz CT molecular complexity index is 504. The highest BCUT2D eigenvalue weighted by Gasteiger charge is 2.16. The number of carboxylic acid groups (broad SMARTS) is 1. The highest BCUT2D eigenvalue weighted by atomic mass is 16.5. The molecule has 1 atom stereocenters. The predicted octanol–water partition coefficient (Wildman–Crippen LogP) is -0.481. The first-order valence-electron chi connectivity index (χ1n) is 5.81. The predicted molar refractivity (Wildman–Crippen MR) is 67.9 cm³/mol. The van der Waals surface area contributed by atoms with Crippen molar-refractivity contribution in [2.45, 2.75) is 12.6 Å². The molecule has 0 radical (unpaired) electrons. The maximum absolute atomic E-state index is 11.2. The monoisotopic (exact) mass is 265 g/mol. The fraction of sp³-hybridized carbons (Fsp3) is 0.333. The number of nitrogens with one attached hydrogen (secondary N) is 2.